The minimum atomic E-state index is -3.71. The predicted octanol–water partition coefficient (Wildman–Crippen LogP) is 4.13. The van der Waals surface area contributed by atoms with Gasteiger partial charge in [-0.25, -0.2) is 8.42 Å². The summed E-state index contributed by atoms with van der Waals surface area (Å²) in [5.74, 6) is 0.636. The van der Waals surface area contributed by atoms with Crippen LogP contribution in [0.25, 0.3) is 10.9 Å². The summed E-state index contributed by atoms with van der Waals surface area (Å²) in [6.07, 6.45) is 0.0329. The number of ether oxygens (including phenoxy) is 1. The number of anilines is 1. The fourth-order valence-corrected chi connectivity index (χ4v) is 3.57. The van der Waals surface area contributed by atoms with E-state index in [1.54, 1.807) is 24.3 Å². The van der Waals surface area contributed by atoms with E-state index in [0.717, 1.165) is 11.1 Å². The summed E-state index contributed by atoms with van der Waals surface area (Å²) < 4.78 is 33.5. The number of rotatable bonds is 5. The standard InChI is InChI=1S/C19H20N2O3S/c1-13(2)24-16-9-11-17(12-10-16)25(22,23)21-18-6-4-5-15-8-7-14(3)20-19(15)18/h4-13,21H,1-3H3. The molecule has 25 heavy (non-hydrogen) atoms. The molecule has 3 aromatic rings. The fourth-order valence-electron chi connectivity index (χ4n) is 2.50. The smallest absolute Gasteiger partial charge is 0.261 e. The Morgan fingerprint density at radius 3 is 2.40 bits per heavy atom. The molecule has 5 nitrogen and oxygen atoms in total. The van der Waals surface area contributed by atoms with E-state index in [2.05, 4.69) is 9.71 Å². The molecular formula is C19H20N2O3S. The molecule has 0 aliphatic carbocycles. The Balaban J connectivity index is 1.93. The van der Waals surface area contributed by atoms with Crippen LogP contribution >= 0.6 is 0 Å². The van der Waals surface area contributed by atoms with Crippen molar-refractivity contribution >= 4 is 26.6 Å². The zero-order valence-electron chi connectivity index (χ0n) is 14.4. The van der Waals surface area contributed by atoms with Crippen LogP contribution in [-0.2, 0) is 10.0 Å². The molecule has 0 bridgehead atoms. The molecule has 0 saturated carbocycles. The van der Waals surface area contributed by atoms with E-state index in [9.17, 15) is 8.42 Å². The first-order valence-electron chi connectivity index (χ1n) is 8.01. The second kappa shape index (κ2) is 6.72. The van der Waals surface area contributed by atoms with Gasteiger partial charge in [-0.15, -0.1) is 0 Å². The van der Waals surface area contributed by atoms with Crippen LogP contribution in [0.3, 0.4) is 0 Å². The van der Waals surface area contributed by atoms with Crippen LogP contribution in [-0.4, -0.2) is 19.5 Å². The first-order chi connectivity index (χ1) is 11.8. The Kier molecular flexibility index (Phi) is 4.63. The van der Waals surface area contributed by atoms with E-state index < -0.39 is 10.0 Å². The average Bonchev–Trinajstić information content (AvgIpc) is 2.55. The minimum absolute atomic E-state index is 0.0329. The zero-order chi connectivity index (χ0) is 18.0. The molecule has 130 valence electrons. The summed E-state index contributed by atoms with van der Waals surface area (Å²) in [7, 11) is -3.71. The van der Waals surface area contributed by atoms with E-state index in [4.69, 9.17) is 4.74 Å². The SMILES string of the molecule is Cc1ccc2cccc(NS(=O)(=O)c3ccc(OC(C)C)cc3)c2n1. The second-order valence-corrected chi connectivity index (χ2v) is 7.76. The molecule has 1 heterocycles. The van der Waals surface area contributed by atoms with Crippen molar-refractivity contribution in [2.24, 2.45) is 0 Å². The molecule has 0 saturated heterocycles. The molecule has 6 heteroatoms. The Bertz CT molecular complexity index is 997. The third-order valence-electron chi connectivity index (χ3n) is 3.61. The number of sulfonamides is 1. The Labute approximate surface area is 147 Å². The Hall–Kier alpha value is -2.60. The highest BCUT2D eigenvalue weighted by atomic mass is 32.2. The summed E-state index contributed by atoms with van der Waals surface area (Å²) in [6.45, 7) is 5.71. The first kappa shape index (κ1) is 17.2. The van der Waals surface area contributed by atoms with Gasteiger partial charge in [0, 0.05) is 11.1 Å². The number of hydrogen-bond acceptors (Lipinski definition) is 4. The van der Waals surface area contributed by atoms with Crippen LogP contribution in [0.2, 0.25) is 0 Å². The minimum Gasteiger partial charge on any atom is -0.491 e. The van der Waals surface area contributed by atoms with Crippen molar-refractivity contribution in [1.29, 1.82) is 0 Å². The molecule has 2 aromatic carbocycles. The maximum atomic E-state index is 12.7. The van der Waals surface area contributed by atoms with Gasteiger partial charge in [-0.1, -0.05) is 18.2 Å². The largest absolute Gasteiger partial charge is 0.491 e. The molecule has 0 unspecified atom stereocenters. The predicted molar refractivity (Wildman–Crippen MR) is 99.5 cm³/mol. The van der Waals surface area contributed by atoms with Crippen molar-refractivity contribution in [2.75, 3.05) is 4.72 Å². The van der Waals surface area contributed by atoms with Crippen LogP contribution in [0, 0.1) is 6.92 Å². The topological polar surface area (TPSA) is 68.3 Å². The van der Waals surface area contributed by atoms with E-state index in [0.29, 0.717) is 17.0 Å². The van der Waals surface area contributed by atoms with Crippen molar-refractivity contribution in [2.45, 2.75) is 31.8 Å². The highest BCUT2D eigenvalue weighted by Gasteiger charge is 2.16. The highest BCUT2D eigenvalue weighted by molar-refractivity contribution is 7.92. The lowest BCUT2D eigenvalue weighted by Gasteiger charge is -2.12. The third-order valence-corrected chi connectivity index (χ3v) is 4.99. The molecule has 0 aliphatic heterocycles. The van der Waals surface area contributed by atoms with Crippen molar-refractivity contribution in [1.82, 2.24) is 4.98 Å². The van der Waals surface area contributed by atoms with Gasteiger partial charge in [-0.05, 0) is 57.2 Å². The number of fused-ring (bicyclic) bond motifs is 1. The van der Waals surface area contributed by atoms with Gasteiger partial charge in [-0.3, -0.25) is 9.71 Å². The number of pyridine rings is 1. The van der Waals surface area contributed by atoms with Crippen LogP contribution in [0.4, 0.5) is 5.69 Å². The lowest BCUT2D eigenvalue weighted by Crippen LogP contribution is -2.13. The van der Waals surface area contributed by atoms with Crippen LogP contribution in [0.1, 0.15) is 19.5 Å². The quantitative estimate of drug-likeness (QED) is 0.746. The van der Waals surface area contributed by atoms with Gasteiger partial charge in [0.25, 0.3) is 10.0 Å². The summed E-state index contributed by atoms with van der Waals surface area (Å²) in [5, 5.41) is 0.881. The molecule has 0 atom stereocenters. The van der Waals surface area contributed by atoms with Crippen LogP contribution in [0.5, 0.6) is 5.75 Å². The van der Waals surface area contributed by atoms with Gasteiger partial charge in [0.15, 0.2) is 0 Å². The highest BCUT2D eigenvalue weighted by Crippen LogP contribution is 2.25. The van der Waals surface area contributed by atoms with Crippen LogP contribution < -0.4 is 9.46 Å². The first-order valence-corrected chi connectivity index (χ1v) is 9.49. The molecular weight excluding hydrogens is 336 g/mol. The van der Waals surface area contributed by atoms with Crippen LogP contribution in [0.15, 0.2) is 59.5 Å². The Morgan fingerprint density at radius 2 is 1.72 bits per heavy atom. The number of aryl methyl sites for hydroxylation is 1. The summed E-state index contributed by atoms with van der Waals surface area (Å²) in [4.78, 5) is 4.63. The summed E-state index contributed by atoms with van der Waals surface area (Å²) in [6, 6.07) is 15.6. The van der Waals surface area contributed by atoms with Crippen molar-refractivity contribution in [3.05, 3.63) is 60.3 Å². The number of nitrogens with one attached hydrogen (secondary N) is 1. The average molecular weight is 356 g/mol. The second-order valence-electron chi connectivity index (χ2n) is 6.07. The van der Waals surface area contributed by atoms with E-state index in [1.807, 2.05) is 39.0 Å². The van der Waals surface area contributed by atoms with Gasteiger partial charge >= 0.3 is 0 Å². The van der Waals surface area contributed by atoms with Gasteiger partial charge in [-0.2, -0.15) is 0 Å². The number of para-hydroxylation sites is 1. The summed E-state index contributed by atoms with van der Waals surface area (Å²) in [5.41, 5.74) is 1.92. The Morgan fingerprint density at radius 1 is 1.00 bits per heavy atom. The molecule has 0 spiro atoms. The molecule has 0 radical (unpaired) electrons. The van der Waals surface area contributed by atoms with Gasteiger partial charge in [0.05, 0.1) is 22.2 Å². The fraction of sp³-hybridized carbons (Fsp3) is 0.211. The molecule has 0 amide bonds. The molecule has 0 fully saturated rings. The lowest BCUT2D eigenvalue weighted by molar-refractivity contribution is 0.242. The summed E-state index contributed by atoms with van der Waals surface area (Å²) >= 11 is 0. The van der Waals surface area contributed by atoms with Crippen molar-refractivity contribution in [3.8, 4) is 5.75 Å². The molecule has 1 N–H and O–H groups in total. The molecule has 3 rings (SSSR count). The lowest BCUT2D eigenvalue weighted by atomic mass is 10.2. The van der Waals surface area contributed by atoms with E-state index in [1.165, 1.54) is 12.1 Å². The molecule has 0 aliphatic rings. The number of aromatic nitrogens is 1. The number of nitrogens with zero attached hydrogens (tertiary/aromatic N) is 1. The number of hydrogen-bond donors (Lipinski definition) is 1. The monoisotopic (exact) mass is 356 g/mol. The number of benzene rings is 2. The maximum absolute atomic E-state index is 12.7. The van der Waals surface area contributed by atoms with E-state index in [-0.39, 0.29) is 11.0 Å². The van der Waals surface area contributed by atoms with Crippen molar-refractivity contribution < 1.29 is 13.2 Å². The third kappa shape index (κ3) is 3.91. The van der Waals surface area contributed by atoms with Gasteiger partial charge < -0.3 is 4.74 Å². The maximum Gasteiger partial charge on any atom is 0.261 e. The normalized spacial score (nSPS) is 11.7. The van der Waals surface area contributed by atoms with Gasteiger partial charge in [0.2, 0.25) is 0 Å². The zero-order valence-corrected chi connectivity index (χ0v) is 15.2. The molecule has 1 aromatic heterocycles. The van der Waals surface area contributed by atoms with E-state index >= 15 is 0 Å². The van der Waals surface area contributed by atoms with Crippen molar-refractivity contribution in [3.63, 3.8) is 0 Å². The van der Waals surface area contributed by atoms with Gasteiger partial charge in [0.1, 0.15) is 5.75 Å².